The molecule has 3 heterocycles. The molecule has 3 aromatic heterocycles. The molecule has 0 unspecified atom stereocenters. The van der Waals surface area contributed by atoms with Crippen molar-refractivity contribution in [3.63, 3.8) is 0 Å². The van der Waals surface area contributed by atoms with Crippen molar-refractivity contribution in [3.8, 4) is 22.7 Å². The number of hydrogen-bond acceptors (Lipinski definition) is 6. The number of nitrogens with zero attached hydrogens (tertiary/aromatic N) is 3. The summed E-state index contributed by atoms with van der Waals surface area (Å²) < 4.78 is 7.54. The fourth-order valence-electron chi connectivity index (χ4n) is 3.68. The van der Waals surface area contributed by atoms with E-state index in [2.05, 4.69) is 15.6 Å². The Morgan fingerprint density at radius 1 is 1.00 bits per heavy atom. The van der Waals surface area contributed by atoms with Gasteiger partial charge >= 0.3 is 0 Å². The van der Waals surface area contributed by atoms with Crippen LogP contribution in [0.4, 0.5) is 5.13 Å². The van der Waals surface area contributed by atoms with Crippen LogP contribution in [-0.4, -0.2) is 26.6 Å². The van der Waals surface area contributed by atoms with Gasteiger partial charge in [0.05, 0.1) is 18.7 Å². The first-order chi connectivity index (χ1) is 17.5. The molecule has 0 bridgehead atoms. The lowest BCUT2D eigenvalue weighted by atomic mass is 10.1. The summed E-state index contributed by atoms with van der Waals surface area (Å²) >= 11 is 1.31. The Kier molecular flexibility index (Phi) is 6.72. The van der Waals surface area contributed by atoms with E-state index in [1.54, 1.807) is 23.0 Å². The number of amides is 2. The molecule has 2 N–H and O–H groups in total. The van der Waals surface area contributed by atoms with E-state index in [-0.39, 0.29) is 11.8 Å². The summed E-state index contributed by atoms with van der Waals surface area (Å²) in [7, 11) is 0. The summed E-state index contributed by atoms with van der Waals surface area (Å²) in [5.74, 6) is 0.762. The second-order valence-electron chi connectivity index (χ2n) is 8.11. The van der Waals surface area contributed by atoms with E-state index in [0.717, 1.165) is 11.1 Å². The van der Waals surface area contributed by atoms with E-state index in [4.69, 9.17) is 9.52 Å². The highest BCUT2D eigenvalue weighted by Gasteiger charge is 2.20. The van der Waals surface area contributed by atoms with Crippen LogP contribution in [-0.2, 0) is 17.9 Å². The van der Waals surface area contributed by atoms with Crippen molar-refractivity contribution >= 4 is 28.3 Å². The Bertz CT molecular complexity index is 1490. The van der Waals surface area contributed by atoms with Crippen molar-refractivity contribution in [3.05, 3.63) is 101 Å². The lowest BCUT2D eigenvalue weighted by molar-refractivity contribution is -0.119. The predicted molar refractivity (Wildman–Crippen MR) is 138 cm³/mol. The molecule has 5 aromatic rings. The highest BCUT2D eigenvalue weighted by Crippen LogP contribution is 2.28. The smallest absolute Gasteiger partial charge is 0.261 e. The molecular formula is C27H23N5O3S. The summed E-state index contributed by atoms with van der Waals surface area (Å²) in [5.41, 5.74) is 3.62. The number of hydrogen-bond donors (Lipinski definition) is 2. The van der Waals surface area contributed by atoms with Gasteiger partial charge in [0.2, 0.25) is 5.91 Å². The van der Waals surface area contributed by atoms with Gasteiger partial charge in [-0.2, -0.15) is 5.10 Å². The second-order valence-corrected chi connectivity index (χ2v) is 8.97. The second kappa shape index (κ2) is 10.4. The predicted octanol–water partition coefficient (Wildman–Crippen LogP) is 5.20. The normalized spacial score (nSPS) is 10.8. The lowest BCUT2D eigenvalue weighted by Crippen LogP contribution is -2.18. The number of thiazole rings is 1. The molecule has 0 saturated heterocycles. The van der Waals surface area contributed by atoms with Gasteiger partial charge in [-0.05, 0) is 17.7 Å². The standard InChI is InChI=1S/C27H23N5O3S/c1-18(33)28-14-21-12-13-24(35-21)23-17-36-27(29-23)30-26(34)22-16-32(15-19-8-4-2-5-9-19)31-25(22)20-10-6-3-7-11-20/h2-13,16-17H,14-15H2,1H3,(H,28,33)(H,29,30,34). The fraction of sp³-hybridized carbons (Fsp3) is 0.111. The lowest BCUT2D eigenvalue weighted by Gasteiger charge is -2.02. The maximum Gasteiger partial charge on any atom is 0.261 e. The molecule has 0 radical (unpaired) electrons. The minimum absolute atomic E-state index is 0.131. The van der Waals surface area contributed by atoms with Crippen LogP contribution < -0.4 is 10.6 Å². The monoisotopic (exact) mass is 497 g/mol. The van der Waals surface area contributed by atoms with E-state index in [0.29, 0.717) is 46.7 Å². The Labute approximate surface area is 211 Å². The van der Waals surface area contributed by atoms with Crippen LogP contribution in [0.15, 0.2) is 88.8 Å². The van der Waals surface area contributed by atoms with Crippen molar-refractivity contribution in [2.24, 2.45) is 0 Å². The Morgan fingerprint density at radius 2 is 1.75 bits per heavy atom. The molecule has 0 aliphatic rings. The summed E-state index contributed by atoms with van der Waals surface area (Å²) in [6, 6.07) is 23.2. The van der Waals surface area contributed by atoms with Crippen molar-refractivity contribution in [2.75, 3.05) is 5.32 Å². The van der Waals surface area contributed by atoms with Gasteiger partial charge in [0.25, 0.3) is 5.91 Å². The van der Waals surface area contributed by atoms with Gasteiger partial charge in [-0.15, -0.1) is 11.3 Å². The molecule has 0 aliphatic carbocycles. The third-order valence-corrected chi connectivity index (χ3v) is 6.15. The third-order valence-electron chi connectivity index (χ3n) is 5.39. The molecule has 0 atom stereocenters. The molecule has 8 nitrogen and oxygen atoms in total. The molecule has 5 rings (SSSR count). The molecule has 0 aliphatic heterocycles. The molecule has 0 saturated carbocycles. The van der Waals surface area contributed by atoms with Gasteiger partial charge in [0, 0.05) is 24.1 Å². The summed E-state index contributed by atoms with van der Waals surface area (Å²) in [6.45, 7) is 2.31. The molecule has 0 fully saturated rings. The van der Waals surface area contributed by atoms with Gasteiger partial charge in [-0.25, -0.2) is 4.98 Å². The van der Waals surface area contributed by atoms with Crippen LogP contribution >= 0.6 is 11.3 Å². The van der Waals surface area contributed by atoms with Crippen LogP contribution in [0.25, 0.3) is 22.7 Å². The third kappa shape index (κ3) is 5.42. The van der Waals surface area contributed by atoms with Crippen LogP contribution in [0.5, 0.6) is 0 Å². The average molecular weight is 498 g/mol. The number of benzene rings is 2. The van der Waals surface area contributed by atoms with Crippen molar-refractivity contribution in [2.45, 2.75) is 20.0 Å². The fourth-order valence-corrected chi connectivity index (χ4v) is 4.37. The van der Waals surface area contributed by atoms with E-state index in [1.807, 2.05) is 66.0 Å². The highest BCUT2D eigenvalue weighted by atomic mass is 32.1. The maximum absolute atomic E-state index is 13.3. The summed E-state index contributed by atoms with van der Waals surface area (Å²) in [5, 5.41) is 12.6. The van der Waals surface area contributed by atoms with Gasteiger partial charge in [0.15, 0.2) is 10.9 Å². The quantitative estimate of drug-likeness (QED) is 0.307. The van der Waals surface area contributed by atoms with E-state index in [9.17, 15) is 9.59 Å². The van der Waals surface area contributed by atoms with Gasteiger partial charge in [-0.1, -0.05) is 60.7 Å². The maximum atomic E-state index is 13.3. The Balaban J connectivity index is 1.36. The van der Waals surface area contributed by atoms with Crippen molar-refractivity contribution in [1.82, 2.24) is 20.1 Å². The van der Waals surface area contributed by atoms with Crippen molar-refractivity contribution in [1.29, 1.82) is 0 Å². The number of aromatic nitrogens is 3. The van der Waals surface area contributed by atoms with E-state index >= 15 is 0 Å². The minimum Gasteiger partial charge on any atom is -0.458 e. The average Bonchev–Trinajstić information content (AvgIpc) is 3.64. The first-order valence-corrected chi connectivity index (χ1v) is 12.2. The number of carbonyl (C=O) groups excluding carboxylic acids is 2. The molecule has 9 heteroatoms. The molecule has 36 heavy (non-hydrogen) atoms. The molecule has 180 valence electrons. The largest absolute Gasteiger partial charge is 0.458 e. The summed E-state index contributed by atoms with van der Waals surface area (Å²) in [4.78, 5) is 28.9. The van der Waals surface area contributed by atoms with Gasteiger partial charge in [0.1, 0.15) is 17.1 Å². The summed E-state index contributed by atoms with van der Waals surface area (Å²) in [6.07, 6.45) is 1.76. The zero-order valence-electron chi connectivity index (χ0n) is 19.5. The van der Waals surface area contributed by atoms with E-state index in [1.165, 1.54) is 18.3 Å². The van der Waals surface area contributed by atoms with Crippen LogP contribution in [0.3, 0.4) is 0 Å². The number of rotatable bonds is 8. The van der Waals surface area contributed by atoms with E-state index < -0.39 is 0 Å². The number of nitrogens with one attached hydrogen (secondary N) is 2. The Hall–Kier alpha value is -4.50. The van der Waals surface area contributed by atoms with Crippen LogP contribution in [0.1, 0.15) is 28.6 Å². The van der Waals surface area contributed by atoms with Crippen molar-refractivity contribution < 1.29 is 14.0 Å². The minimum atomic E-state index is -0.292. The van der Waals surface area contributed by atoms with Crippen LogP contribution in [0.2, 0.25) is 0 Å². The first-order valence-electron chi connectivity index (χ1n) is 11.3. The molecule has 0 spiro atoms. The number of furan rings is 1. The van der Waals surface area contributed by atoms with Gasteiger partial charge in [-0.3, -0.25) is 19.6 Å². The number of carbonyl (C=O) groups is 2. The SMILES string of the molecule is CC(=O)NCc1ccc(-c2csc(NC(=O)c3cn(Cc4ccccc4)nc3-c3ccccc3)n2)o1. The molecule has 2 amide bonds. The number of anilines is 1. The molecular weight excluding hydrogens is 474 g/mol. The van der Waals surface area contributed by atoms with Gasteiger partial charge < -0.3 is 9.73 Å². The molecule has 2 aromatic carbocycles. The van der Waals surface area contributed by atoms with Crippen LogP contribution in [0, 0.1) is 0 Å². The highest BCUT2D eigenvalue weighted by molar-refractivity contribution is 7.14. The zero-order valence-corrected chi connectivity index (χ0v) is 20.3. The topological polar surface area (TPSA) is 102 Å². The zero-order chi connectivity index (χ0) is 24.9. The Morgan fingerprint density at radius 3 is 2.50 bits per heavy atom. The first kappa shape index (κ1) is 23.3.